The van der Waals surface area contributed by atoms with Crippen molar-refractivity contribution in [3.8, 4) is 0 Å². The molecule has 0 amide bonds. The molecule has 4 heteroatoms. The fraction of sp³-hybridized carbons (Fsp3) is 1.00. The van der Waals surface area contributed by atoms with E-state index in [9.17, 15) is 0 Å². The number of fused-ring (bicyclic) bond motifs is 1. The third-order valence-electron chi connectivity index (χ3n) is 3.39. The van der Waals surface area contributed by atoms with E-state index in [1.165, 1.54) is 32.5 Å². The van der Waals surface area contributed by atoms with Crippen molar-refractivity contribution in [2.45, 2.75) is 38.3 Å². The molecule has 3 N–H and O–H groups in total. The van der Waals surface area contributed by atoms with Gasteiger partial charge >= 0.3 is 0 Å². The highest BCUT2D eigenvalue weighted by Crippen LogP contribution is 2.25. The van der Waals surface area contributed by atoms with Crippen LogP contribution in [0.25, 0.3) is 0 Å². The number of piperidine rings is 1. The van der Waals surface area contributed by atoms with Crippen LogP contribution in [-0.4, -0.2) is 42.7 Å². The smallest absolute Gasteiger partial charge is 0.0226 e. The van der Waals surface area contributed by atoms with Gasteiger partial charge in [0.1, 0.15) is 0 Å². The zero-order valence-electron chi connectivity index (χ0n) is 9.83. The van der Waals surface area contributed by atoms with Crippen LogP contribution in [0, 0.1) is 5.92 Å². The van der Waals surface area contributed by atoms with Crippen molar-refractivity contribution < 1.29 is 0 Å². The highest BCUT2D eigenvalue weighted by molar-refractivity contribution is 5.85. The summed E-state index contributed by atoms with van der Waals surface area (Å²) in [6.07, 6.45) is 2.73. The van der Waals surface area contributed by atoms with Gasteiger partial charge in [-0.2, -0.15) is 0 Å². The predicted octanol–water partition coefficient (Wildman–Crippen LogP) is 0.829. The number of nitrogens with one attached hydrogen (secondary N) is 1. The maximum Gasteiger partial charge on any atom is 0.0226 e. The second kappa shape index (κ2) is 5.00. The Labute approximate surface area is 99.2 Å². The van der Waals surface area contributed by atoms with Gasteiger partial charge in [0.2, 0.25) is 0 Å². The Hall–Kier alpha value is 0.170. The van der Waals surface area contributed by atoms with E-state index in [1.807, 2.05) is 0 Å². The first-order valence-electron chi connectivity index (χ1n) is 5.79. The normalized spacial score (nSPS) is 32.2. The van der Waals surface area contributed by atoms with Crippen LogP contribution < -0.4 is 11.1 Å². The molecule has 0 aromatic rings. The first-order chi connectivity index (χ1) is 6.54. The Morgan fingerprint density at radius 3 is 2.80 bits per heavy atom. The summed E-state index contributed by atoms with van der Waals surface area (Å²) in [4.78, 5) is 2.51. The lowest BCUT2D eigenvalue weighted by atomic mass is 9.91. The lowest BCUT2D eigenvalue weighted by Gasteiger charge is -2.38. The topological polar surface area (TPSA) is 41.3 Å². The second-order valence-corrected chi connectivity index (χ2v) is 5.62. The zero-order valence-corrected chi connectivity index (χ0v) is 10.6. The van der Waals surface area contributed by atoms with Gasteiger partial charge in [-0.1, -0.05) is 0 Å². The predicted molar refractivity (Wildman–Crippen MR) is 66.5 cm³/mol. The molecule has 0 aromatic carbocycles. The van der Waals surface area contributed by atoms with Gasteiger partial charge < -0.3 is 11.1 Å². The number of hydrogen-bond donors (Lipinski definition) is 2. The molecule has 2 rings (SSSR count). The van der Waals surface area contributed by atoms with Crippen molar-refractivity contribution in [3.63, 3.8) is 0 Å². The summed E-state index contributed by atoms with van der Waals surface area (Å²) in [5, 5.41) is 3.59. The first kappa shape index (κ1) is 13.2. The van der Waals surface area contributed by atoms with Crippen LogP contribution in [0.4, 0.5) is 0 Å². The van der Waals surface area contributed by atoms with Gasteiger partial charge in [0.15, 0.2) is 0 Å². The third kappa shape index (κ3) is 3.59. The maximum absolute atomic E-state index is 6.04. The van der Waals surface area contributed by atoms with Crippen molar-refractivity contribution in [3.05, 3.63) is 0 Å². The molecule has 0 bridgehead atoms. The zero-order chi connectivity index (χ0) is 10.2. The van der Waals surface area contributed by atoms with E-state index in [-0.39, 0.29) is 17.9 Å². The molecule has 3 nitrogen and oxygen atoms in total. The number of nitrogens with zero attached hydrogens (tertiary/aromatic N) is 1. The average molecular weight is 234 g/mol. The molecule has 90 valence electrons. The molecule has 0 saturated carbocycles. The number of rotatable bonds is 2. The molecule has 0 aromatic heterocycles. The lowest BCUT2D eigenvalue weighted by molar-refractivity contribution is 0.143. The van der Waals surface area contributed by atoms with Gasteiger partial charge in [-0.05, 0) is 45.7 Å². The molecule has 2 aliphatic heterocycles. The Balaban J connectivity index is 0.00000112. The fourth-order valence-corrected chi connectivity index (χ4v) is 2.82. The lowest BCUT2D eigenvalue weighted by Crippen LogP contribution is -2.52. The van der Waals surface area contributed by atoms with E-state index in [0.717, 1.165) is 18.5 Å². The SMILES string of the molecule is CC(C)(N)CN1CCC2CCNC2C1.Cl. The van der Waals surface area contributed by atoms with E-state index in [0.29, 0.717) is 0 Å². The summed E-state index contributed by atoms with van der Waals surface area (Å²) in [6.45, 7) is 8.91. The summed E-state index contributed by atoms with van der Waals surface area (Å²) in [7, 11) is 0. The van der Waals surface area contributed by atoms with Crippen molar-refractivity contribution in [2.24, 2.45) is 11.7 Å². The van der Waals surface area contributed by atoms with Gasteiger partial charge in [0.05, 0.1) is 0 Å². The molecule has 2 aliphatic rings. The Bertz CT molecular complexity index is 202. The van der Waals surface area contributed by atoms with Crippen LogP contribution in [0.1, 0.15) is 26.7 Å². The van der Waals surface area contributed by atoms with E-state index in [4.69, 9.17) is 5.73 Å². The summed E-state index contributed by atoms with van der Waals surface area (Å²) >= 11 is 0. The average Bonchev–Trinajstić information content (AvgIpc) is 2.47. The van der Waals surface area contributed by atoms with Crippen LogP contribution in [0.3, 0.4) is 0 Å². The van der Waals surface area contributed by atoms with Crippen LogP contribution in [0.15, 0.2) is 0 Å². The van der Waals surface area contributed by atoms with Crippen LogP contribution in [0.5, 0.6) is 0 Å². The third-order valence-corrected chi connectivity index (χ3v) is 3.39. The molecule has 2 atom stereocenters. The fourth-order valence-electron chi connectivity index (χ4n) is 2.82. The van der Waals surface area contributed by atoms with Gasteiger partial charge in [0, 0.05) is 24.7 Å². The highest BCUT2D eigenvalue weighted by Gasteiger charge is 2.33. The Kier molecular flexibility index (Phi) is 4.41. The molecule has 0 spiro atoms. The van der Waals surface area contributed by atoms with E-state index < -0.39 is 0 Å². The van der Waals surface area contributed by atoms with Gasteiger partial charge in [-0.3, -0.25) is 4.90 Å². The molecule has 0 aliphatic carbocycles. The van der Waals surface area contributed by atoms with Crippen LogP contribution in [-0.2, 0) is 0 Å². The van der Waals surface area contributed by atoms with Crippen LogP contribution in [0.2, 0.25) is 0 Å². The first-order valence-corrected chi connectivity index (χ1v) is 5.79. The summed E-state index contributed by atoms with van der Waals surface area (Å²) in [5.41, 5.74) is 5.99. The molecule has 0 radical (unpaired) electrons. The van der Waals surface area contributed by atoms with Crippen molar-refractivity contribution in [2.75, 3.05) is 26.2 Å². The van der Waals surface area contributed by atoms with Crippen molar-refractivity contribution in [1.82, 2.24) is 10.2 Å². The molecule has 2 saturated heterocycles. The summed E-state index contributed by atoms with van der Waals surface area (Å²) in [5.74, 6) is 0.937. The quantitative estimate of drug-likeness (QED) is 0.743. The Morgan fingerprint density at radius 1 is 1.40 bits per heavy atom. The molecular formula is C11H24ClN3. The largest absolute Gasteiger partial charge is 0.324 e. The number of hydrogen-bond acceptors (Lipinski definition) is 3. The molecule has 2 unspecified atom stereocenters. The second-order valence-electron chi connectivity index (χ2n) is 5.62. The minimum absolute atomic E-state index is 0. The highest BCUT2D eigenvalue weighted by atomic mass is 35.5. The minimum Gasteiger partial charge on any atom is -0.324 e. The number of halogens is 1. The summed E-state index contributed by atoms with van der Waals surface area (Å²) in [6, 6.07) is 0.742. The van der Waals surface area contributed by atoms with E-state index >= 15 is 0 Å². The molecular weight excluding hydrogens is 210 g/mol. The Morgan fingerprint density at radius 2 is 2.13 bits per heavy atom. The molecule has 2 fully saturated rings. The van der Waals surface area contributed by atoms with Crippen molar-refractivity contribution >= 4 is 12.4 Å². The van der Waals surface area contributed by atoms with Gasteiger partial charge in [-0.15, -0.1) is 12.4 Å². The molecule has 15 heavy (non-hydrogen) atoms. The van der Waals surface area contributed by atoms with Crippen molar-refractivity contribution in [1.29, 1.82) is 0 Å². The minimum atomic E-state index is -0.0502. The standard InChI is InChI=1S/C11H23N3.ClH/c1-11(2,12)8-14-6-4-9-3-5-13-10(9)7-14;/h9-10,13H,3-8,12H2,1-2H3;1H. The maximum atomic E-state index is 6.04. The monoisotopic (exact) mass is 233 g/mol. The van der Waals surface area contributed by atoms with E-state index in [2.05, 4.69) is 24.1 Å². The van der Waals surface area contributed by atoms with Gasteiger partial charge in [-0.25, -0.2) is 0 Å². The van der Waals surface area contributed by atoms with Gasteiger partial charge in [0.25, 0.3) is 0 Å². The molecule has 2 heterocycles. The number of likely N-dealkylation sites (tertiary alicyclic amines) is 1. The summed E-state index contributed by atoms with van der Waals surface area (Å²) < 4.78 is 0. The van der Waals surface area contributed by atoms with E-state index in [1.54, 1.807) is 0 Å². The van der Waals surface area contributed by atoms with Crippen LogP contribution >= 0.6 is 12.4 Å². The number of nitrogens with two attached hydrogens (primary N) is 1.